The summed E-state index contributed by atoms with van der Waals surface area (Å²) in [5.41, 5.74) is 2.57. The third-order valence-corrected chi connectivity index (χ3v) is 3.01. The number of para-hydroxylation sites is 1. The van der Waals surface area contributed by atoms with Crippen LogP contribution in [0.5, 0.6) is 5.75 Å². The van der Waals surface area contributed by atoms with Gasteiger partial charge in [-0.05, 0) is 30.8 Å². The van der Waals surface area contributed by atoms with Gasteiger partial charge >= 0.3 is 0 Å². The van der Waals surface area contributed by atoms with E-state index in [9.17, 15) is 0 Å². The predicted molar refractivity (Wildman–Crippen MR) is 67.7 cm³/mol. The number of likely N-dealkylation sites (N-methyl/N-ethyl adjacent to an activating group) is 1. The zero-order chi connectivity index (χ0) is 11.4. The van der Waals surface area contributed by atoms with Crippen molar-refractivity contribution in [2.45, 2.75) is 13.8 Å². The third kappa shape index (κ3) is 2.45. The Morgan fingerprint density at radius 3 is 2.69 bits per heavy atom. The Balaban J connectivity index is 2.11. The molecular weight excluding hydrogens is 198 g/mol. The number of ether oxygens (including phenoxy) is 1. The molecule has 16 heavy (non-hydrogen) atoms. The molecule has 0 N–H and O–H groups in total. The topological polar surface area (TPSA) is 12.5 Å². The van der Waals surface area contributed by atoms with Gasteiger partial charge in [-0.3, -0.25) is 4.90 Å². The van der Waals surface area contributed by atoms with E-state index in [1.165, 1.54) is 11.1 Å². The van der Waals surface area contributed by atoms with E-state index >= 15 is 0 Å². The predicted octanol–water partition coefficient (Wildman–Crippen LogP) is 2.80. The average molecular weight is 217 g/mol. The van der Waals surface area contributed by atoms with Crippen LogP contribution in [0.2, 0.25) is 0 Å². The minimum Gasteiger partial charge on any atom is -0.489 e. The summed E-state index contributed by atoms with van der Waals surface area (Å²) < 4.78 is 5.73. The van der Waals surface area contributed by atoms with Crippen LogP contribution in [0.4, 0.5) is 0 Å². The van der Waals surface area contributed by atoms with E-state index in [0.29, 0.717) is 0 Å². The zero-order valence-electron chi connectivity index (χ0n) is 10.1. The van der Waals surface area contributed by atoms with Crippen molar-refractivity contribution < 1.29 is 4.74 Å². The van der Waals surface area contributed by atoms with E-state index < -0.39 is 0 Å². The number of nitrogens with zero attached hydrogens (tertiary/aromatic N) is 1. The second-order valence-corrected chi connectivity index (χ2v) is 4.09. The number of rotatable bonds is 4. The summed E-state index contributed by atoms with van der Waals surface area (Å²) >= 11 is 0. The molecule has 0 aromatic heterocycles. The van der Waals surface area contributed by atoms with Crippen molar-refractivity contribution in [1.82, 2.24) is 4.90 Å². The lowest BCUT2D eigenvalue weighted by atomic mass is 10.1. The average Bonchev–Trinajstić information content (AvgIpc) is 2.35. The van der Waals surface area contributed by atoms with Gasteiger partial charge in [-0.1, -0.05) is 32.0 Å². The molecule has 86 valence electrons. The smallest absolute Gasteiger partial charge is 0.127 e. The van der Waals surface area contributed by atoms with Gasteiger partial charge in [0, 0.05) is 12.1 Å². The number of hydrogen-bond donors (Lipinski definition) is 0. The van der Waals surface area contributed by atoms with Crippen molar-refractivity contribution in [2.75, 3.05) is 26.2 Å². The van der Waals surface area contributed by atoms with Gasteiger partial charge in [-0.15, -0.1) is 0 Å². The Morgan fingerprint density at radius 1 is 1.19 bits per heavy atom. The molecule has 0 unspecified atom stereocenters. The molecule has 0 amide bonds. The molecule has 0 fully saturated rings. The van der Waals surface area contributed by atoms with Crippen molar-refractivity contribution in [3.8, 4) is 5.75 Å². The lowest BCUT2D eigenvalue weighted by Crippen LogP contribution is -2.27. The van der Waals surface area contributed by atoms with E-state index in [1.807, 2.05) is 12.1 Å². The molecular formula is C14H19NO. The highest BCUT2D eigenvalue weighted by atomic mass is 16.5. The SMILES string of the molecule is CCN(CC)CC1=Cc2ccccc2OC1. The summed E-state index contributed by atoms with van der Waals surface area (Å²) in [4.78, 5) is 2.41. The van der Waals surface area contributed by atoms with Gasteiger partial charge < -0.3 is 4.74 Å². The van der Waals surface area contributed by atoms with Crippen LogP contribution in [0.1, 0.15) is 19.4 Å². The summed E-state index contributed by atoms with van der Waals surface area (Å²) in [6, 6.07) is 8.21. The van der Waals surface area contributed by atoms with Crippen LogP contribution in [0.25, 0.3) is 6.08 Å². The van der Waals surface area contributed by atoms with Crippen LogP contribution in [0, 0.1) is 0 Å². The Bertz CT molecular complexity index is 380. The molecule has 0 atom stereocenters. The number of hydrogen-bond acceptors (Lipinski definition) is 2. The molecule has 1 heterocycles. The fraction of sp³-hybridized carbons (Fsp3) is 0.429. The Hall–Kier alpha value is -1.28. The fourth-order valence-electron chi connectivity index (χ4n) is 1.99. The zero-order valence-corrected chi connectivity index (χ0v) is 10.1. The molecule has 0 saturated carbocycles. The maximum absolute atomic E-state index is 5.73. The van der Waals surface area contributed by atoms with Gasteiger partial charge in [0.1, 0.15) is 12.4 Å². The molecule has 1 aliphatic rings. The van der Waals surface area contributed by atoms with E-state index in [4.69, 9.17) is 4.74 Å². The minimum atomic E-state index is 0.730. The largest absolute Gasteiger partial charge is 0.489 e. The first-order valence-electron chi connectivity index (χ1n) is 5.97. The summed E-state index contributed by atoms with van der Waals surface area (Å²) in [6.07, 6.45) is 2.26. The normalized spacial score (nSPS) is 14.3. The van der Waals surface area contributed by atoms with E-state index in [1.54, 1.807) is 0 Å². The maximum atomic E-state index is 5.73. The minimum absolute atomic E-state index is 0.730. The molecule has 2 nitrogen and oxygen atoms in total. The van der Waals surface area contributed by atoms with Crippen molar-refractivity contribution in [3.05, 3.63) is 35.4 Å². The van der Waals surface area contributed by atoms with Crippen molar-refractivity contribution in [2.24, 2.45) is 0 Å². The van der Waals surface area contributed by atoms with Gasteiger partial charge in [0.25, 0.3) is 0 Å². The van der Waals surface area contributed by atoms with E-state index in [2.05, 4.69) is 37.0 Å². The summed E-state index contributed by atoms with van der Waals surface area (Å²) in [7, 11) is 0. The first-order valence-corrected chi connectivity index (χ1v) is 5.97. The van der Waals surface area contributed by atoms with Crippen LogP contribution in [0.15, 0.2) is 29.8 Å². The van der Waals surface area contributed by atoms with Crippen LogP contribution >= 0.6 is 0 Å². The maximum Gasteiger partial charge on any atom is 0.127 e. The molecule has 2 rings (SSSR count). The molecule has 0 radical (unpaired) electrons. The Morgan fingerprint density at radius 2 is 1.94 bits per heavy atom. The van der Waals surface area contributed by atoms with E-state index in [-0.39, 0.29) is 0 Å². The van der Waals surface area contributed by atoms with Crippen LogP contribution in [-0.2, 0) is 0 Å². The van der Waals surface area contributed by atoms with Crippen molar-refractivity contribution in [3.63, 3.8) is 0 Å². The highest BCUT2D eigenvalue weighted by molar-refractivity contribution is 5.62. The third-order valence-electron chi connectivity index (χ3n) is 3.01. The fourth-order valence-corrected chi connectivity index (χ4v) is 1.99. The lowest BCUT2D eigenvalue weighted by Gasteiger charge is -2.23. The Kier molecular flexibility index (Phi) is 3.62. The first-order chi connectivity index (χ1) is 7.83. The molecule has 1 aliphatic heterocycles. The van der Waals surface area contributed by atoms with Crippen molar-refractivity contribution in [1.29, 1.82) is 0 Å². The standard InChI is InChI=1S/C14H19NO/c1-3-15(4-2)10-12-9-13-7-5-6-8-14(13)16-11-12/h5-9H,3-4,10-11H2,1-2H3. The van der Waals surface area contributed by atoms with Crippen LogP contribution in [0.3, 0.4) is 0 Å². The van der Waals surface area contributed by atoms with Crippen LogP contribution in [-0.4, -0.2) is 31.1 Å². The number of fused-ring (bicyclic) bond motifs is 1. The quantitative estimate of drug-likeness (QED) is 0.769. The summed E-state index contributed by atoms with van der Waals surface area (Å²) in [5.74, 6) is 1.01. The molecule has 1 aromatic carbocycles. The molecule has 0 spiro atoms. The summed E-state index contributed by atoms with van der Waals surface area (Å²) in [5, 5.41) is 0. The Labute approximate surface area is 97.5 Å². The van der Waals surface area contributed by atoms with Gasteiger partial charge in [0.05, 0.1) is 0 Å². The second kappa shape index (κ2) is 5.17. The monoisotopic (exact) mass is 217 g/mol. The molecule has 0 aliphatic carbocycles. The second-order valence-electron chi connectivity index (χ2n) is 4.09. The van der Waals surface area contributed by atoms with Crippen LogP contribution < -0.4 is 4.74 Å². The van der Waals surface area contributed by atoms with E-state index in [0.717, 1.165) is 32.0 Å². The van der Waals surface area contributed by atoms with Gasteiger partial charge in [0.15, 0.2) is 0 Å². The van der Waals surface area contributed by atoms with Gasteiger partial charge in [0.2, 0.25) is 0 Å². The highest BCUT2D eigenvalue weighted by Gasteiger charge is 2.12. The first kappa shape index (κ1) is 11.2. The highest BCUT2D eigenvalue weighted by Crippen LogP contribution is 2.25. The lowest BCUT2D eigenvalue weighted by molar-refractivity contribution is 0.293. The van der Waals surface area contributed by atoms with Gasteiger partial charge in [-0.25, -0.2) is 0 Å². The molecule has 1 aromatic rings. The molecule has 0 bridgehead atoms. The number of benzene rings is 1. The van der Waals surface area contributed by atoms with Gasteiger partial charge in [-0.2, -0.15) is 0 Å². The summed E-state index contributed by atoms with van der Waals surface area (Å²) in [6.45, 7) is 8.32. The molecule has 2 heteroatoms. The molecule has 0 saturated heterocycles. The van der Waals surface area contributed by atoms with Crippen molar-refractivity contribution >= 4 is 6.08 Å².